The van der Waals surface area contributed by atoms with Crippen LogP contribution in [-0.4, -0.2) is 50.9 Å². The number of nitrogens with one attached hydrogen (secondary N) is 1. The molecule has 1 saturated carbocycles. The van der Waals surface area contributed by atoms with Crippen LogP contribution in [-0.2, 0) is 32.6 Å². The largest absolute Gasteiger partial charge is 0.495 e. The molecule has 4 aromatic carbocycles. The minimum atomic E-state index is -4.25. The van der Waals surface area contributed by atoms with Crippen LogP contribution < -0.4 is 14.4 Å². The Morgan fingerprint density at radius 3 is 2.21 bits per heavy atom. The molecule has 0 aliphatic heterocycles. The number of halogens is 2. The van der Waals surface area contributed by atoms with Crippen molar-refractivity contribution in [3.63, 3.8) is 0 Å². The highest BCUT2D eigenvalue weighted by atomic mass is 79.9. The van der Waals surface area contributed by atoms with Crippen molar-refractivity contribution in [1.82, 2.24) is 10.2 Å². The van der Waals surface area contributed by atoms with Crippen molar-refractivity contribution in [2.45, 2.75) is 62.0 Å². The minimum absolute atomic E-state index is 0.0131. The standard InChI is InChI=1S/C37H39BrClN3O5S/c1-47-35-21-20-31(24-33(35)39)42(48(45,46)32-18-9-4-10-19-32)26-36(43)41(25-28-14-11-15-29(38)22-28)34(23-27-12-5-2-6-13-27)37(44)40-30-16-7-3-8-17-30/h2,4-6,9-15,18-22,24,30,34H,3,7-8,16-17,23,25-26H2,1H3,(H,40,44). The highest BCUT2D eigenvalue weighted by Gasteiger charge is 2.35. The Labute approximate surface area is 296 Å². The van der Waals surface area contributed by atoms with Crippen molar-refractivity contribution >= 4 is 55.1 Å². The lowest BCUT2D eigenvalue weighted by molar-refractivity contribution is -0.140. The van der Waals surface area contributed by atoms with Gasteiger partial charge in [-0.05, 0) is 66.4 Å². The molecule has 0 heterocycles. The van der Waals surface area contributed by atoms with Crippen LogP contribution in [0.2, 0.25) is 5.02 Å². The van der Waals surface area contributed by atoms with Gasteiger partial charge in [-0.15, -0.1) is 0 Å². The molecule has 1 atom stereocenters. The predicted octanol–water partition coefficient (Wildman–Crippen LogP) is 7.40. The Kier molecular flexibility index (Phi) is 12.2. The molecule has 48 heavy (non-hydrogen) atoms. The van der Waals surface area contributed by atoms with Gasteiger partial charge in [0.05, 0.1) is 22.7 Å². The van der Waals surface area contributed by atoms with E-state index in [1.54, 1.807) is 30.3 Å². The van der Waals surface area contributed by atoms with E-state index in [-0.39, 0.29) is 40.5 Å². The van der Waals surface area contributed by atoms with Gasteiger partial charge in [-0.2, -0.15) is 0 Å². The number of methoxy groups -OCH3 is 1. The van der Waals surface area contributed by atoms with E-state index in [1.165, 1.54) is 30.2 Å². The van der Waals surface area contributed by atoms with E-state index in [4.69, 9.17) is 16.3 Å². The molecule has 5 rings (SSSR count). The minimum Gasteiger partial charge on any atom is -0.495 e. The summed E-state index contributed by atoms with van der Waals surface area (Å²) in [7, 11) is -2.78. The predicted molar refractivity (Wildman–Crippen MR) is 193 cm³/mol. The summed E-state index contributed by atoms with van der Waals surface area (Å²) in [5, 5.41) is 3.42. The summed E-state index contributed by atoms with van der Waals surface area (Å²) in [4.78, 5) is 30.5. The summed E-state index contributed by atoms with van der Waals surface area (Å²) >= 11 is 9.99. The third-order valence-electron chi connectivity index (χ3n) is 8.50. The molecule has 1 unspecified atom stereocenters. The number of hydrogen-bond donors (Lipinski definition) is 1. The fourth-order valence-electron chi connectivity index (χ4n) is 5.99. The van der Waals surface area contributed by atoms with Crippen molar-refractivity contribution < 1.29 is 22.7 Å². The van der Waals surface area contributed by atoms with Crippen molar-refractivity contribution in [3.05, 3.63) is 124 Å². The van der Waals surface area contributed by atoms with Crippen LogP contribution >= 0.6 is 27.5 Å². The highest BCUT2D eigenvalue weighted by Crippen LogP contribution is 2.32. The van der Waals surface area contributed by atoms with E-state index >= 15 is 0 Å². The molecule has 252 valence electrons. The van der Waals surface area contributed by atoms with Crippen LogP contribution in [0.15, 0.2) is 112 Å². The zero-order valence-corrected chi connectivity index (χ0v) is 29.9. The van der Waals surface area contributed by atoms with Crippen LogP contribution in [0, 0.1) is 0 Å². The average Bonchev–Trinajstić information content (AvgIpc) is 3.09. The molecular formula is C37H39BrClN3O5S. The quantitative estimate of drug-likeness (QED) is 0.154. The fourth-order valence-corrected chi connectivity index (χ4v) is 8.11. The smallest absolute Gasteiger partial charge is 0.264 e. The number of carbonyl (C=O) groups excluding carboxylic acids is 2. The molecule has 0 aromatic heterocycles. The summed E-state index contributed by atoms with van der Waals surface area (Å²) in [5.41, 5.74) is 1.85. The van der Waals surface area contributed by atoms with Crippen LogP contribution in [0.5, 0.6) is 5.75 Å². The topological polar surface area (TPSA) is 96.0 Å². The van der Waals surface area contributed by atoms with E-state index in [0.29, 0.717) is 5.75 Å². The lowest BCUT2D eigenvalue weighted by Gasteiger charge is -2.35. The summed E-state index contributed by atoms with van der Waals surface area (Å²) in [5.74, 6) is -0.442. The third-order valence-corrected chi connectivity index (χ3v) is 11.1. The number of anilines is 1. The van der Waals surface area contributed by atoms with Gasteiger partial charge in [-0.25, -0.2) is 8.42 Å². The van der Waals surface area contributed by atoms with Gasteiger partial charge < -0.3 is 15.0 Å². The lowest BCUT2D eigenvalue weighted by Crippen LogP contribution is -2.55. The number of benzene rings is 4. The van der Waals surface area contributed by atoms with E-state index in [0.717, 1.165) is 52.0 Å². The van der Waals surface area contributed by atoms with Crippen molar-refractivity contribution in [1.29, 1.82) is 0 Å². The number of amides is 2. The SMILES string of the molecule is COc1ccc(N(CC(=O)N(Cc2cccc(Br)c2)C(Cc2ccccc2)C(=O)NC2CCCCC2)S(=O)(=O)c2ccccc2)cc1Cl. The molecule has 1 N–H and O–H groups in total. The Bertz CT molecular complexity index is 1800. The number of nitrogens with zero attached hydrogens (tertiary/aromatic N) is 2. The lowest BCUT2D eigenvalue weighted by atomic mass is 9.94. The van der Waals surface area contributed by atoms with Crippen LogP contribution in [0.1, 0.15) is 43.2 Å². The number of ether oxygens (including phenoxy) is 1. The Hall–Kier alpha value is -3.86. The van der Waals surface area contributed by atoms with Crippen molar-refractivity contribution in [2.75, 3.05) is 18.0 Å². The molecule has 0 bridgehead atoms. The first kappa shape index (κ1) is 35.4. The summed E-state index contributed by atoms with van der Waals surface area (Å²) in [6.07, 6.45) is 5.21. The Balaban J connectivity index is 1.57. The van der Waals surface area contributed by atoms with Gasteiger partial charge in [0.1, 0.15) is 18.3 Å². The van der Waals surface area contributed by atoms with Crippen molar-refractivity contribution in [3.8, 4) is 5.75 Å². The number of rotatable bonds is 13. The van der Waals surface area contributed by atoms with Gasteiger partial charge in [0, 0.05) is 23.5 Å². The maximum atomic E-state index is 14.7. The molecule has 1 aliphatic carbocycles. The van der Waals surface area contributed by atoms with Gasteiger partial charge in [0.2, 0.25) is 11.8 Å². The first-order valence-corrected chi connectivity index (χ1v) is 18.6. The molecule has 2 amide bonds. The summed E-state index contributed by atoms with van der Waals surface area (Å²) in [6.45, 7) is -0.494. The molecule has 0 radical (unpaired) electrons. The highest BCUT2D eigenvalue weighted by molar-refractivity contribution is 9.10. The average molecular weight is 753 g/mol. The second-order valence-electron chi connectivity index (χ2n) is 11.8. The second-order valence-corrected chi connectivity index (χ2v) is 15.0. The van der Waals surface area contributed by atoms with E-state index < -0.39 is 28.5 Å². The first-order chi connectivity index (χ1) is 23.2. The van der Waals surface area contributed by atoms with Crippen LogP contribution in [0.25, 0.3) is 0 Å². The van der Waals surface area contributed by atoms with Crippen molar-refractivity contribution in [2.24, 2.45) is 0 Å². The number of hydrogen-bond acceptors (Lipinski definition) is 5. The van der Waals surface area contributed by atoms with Gasteiger partial charge in [0.15, 0.2) is 0 Å². The number of sulfonamides is 1. The van der Waals surface area contributed by atoms with Crippen LogP contribution in [0.4, 0.5) is 5.69 Å². The molecule has 1 fully saturated rings. The van der Waals surface area contributed by atoms with Gasteiger partial charge in [0.25, 0.3) is 10.0 Å². The molecule has 4 aromatic rings. The van der Waals surface area contributed by atoms with E-state index in [2.05, 4.69) is 21.2 Å². The first-order valence-electron chi connectivity index (χ1n) is 16.0. The Morgan fingerprint density at radius 2 is 1.56 bits per heavy atom. The normalized spacial score (nSPS) is 14.1. The summed E-state index contributed by atoms with van der Waals surface area (Å²) < 4.78 is 35.6. The molecule has 0 saturated heterocycles. The zero-order chi connectivity index (χ0) is 34.1. The Morgan fingerprint density at radius 1 is 0.896 bits per heavy atom. The molecular weight excluding hydrogens is 714 g/mol. The molecule has 1 aliphatic rings. The third kappa shape index (κ3) is 8.98. The second kappa shape index (κ2) is 16.5. The zero-order valence-electron chi connectivity index (χ0n) is 26.7. The van der Waals surface area contributed by atoms with E-state index in [1.807, 2.05) is 54.6 Å². The fraction of sp³-hybridized carbons (Fsp3) is 0.297. The monoisotopic (exact) mass is 751 g/mol. The molecule has 8 nitrogen and oxygen atoms in total. The molecule has 11 heteroatoms. The van der Waals surface area contributed by atoms with Gasteiger partial charge in [-0.3, -0.25) is 13.9 Å². The maximum Gasteiger partial charge on any atom is 0.264 e. The van der Waals surface area contributed by atoms with Gasteiger partial charge in [-0.1, -0.05) is 107 Å². The summed E-state index contributed by atoms with van der Waals surface area (Å²) in [6, 6.07) is 28.7. The molecule has 0 spiro atoms. The number of carbonyl (C=O) groups is 2. The maximum absolute atomic E-state index is 14.7. The van der Waals surface area contributed by atoms with Gasteiger partial charge >= 0.3 is 0 Å². The van der Waals surface area contributed by atoms with E-state index in [9.17, 15) is 18.0 Å². The van der Waals surface area contributed by atoms with Crippen LogP contribution in [0.3, 0.4) is 0 Å².